The van der Waals surface area contributed by atoms with E-state index >= 15 is 0 Å². The fraction of sp³-hybridized carbons (Fsp3) is 0.320. The molecule has 3 aromatic rings. The second kappa shape index (κ2) is 10.4. The molecule has 10 heteroatoms. The van der Waals surface area contributed by atoms with Crippen LogP contribution in [0.5, 0.6) is 0 Å². The lowest BCUT2D eigenvalue weighted by Crippen LogP contribution is -2.43. The SMILES string of the molecule is COCCN1C(=O)CC(CC(=O)N(C)Cc2nc(-c3ccccc3)no2)(c2ccccc2Cl)C1=O. The molecule has 1 saturated heterocycles. The summed E-state index contributed by atoms with van der Waals surface area (Å²) in [5.41, 5.74) is -0.162. The number of amides is 3. The number of hydrogen-bond donors (Lipinski definition) is 0. The van der Waals surface area contributed by atoms with E-state index in [1.165, 1.54) is 12.0 Å². The topological polar surface area (TPSA) is 106 Å². The van der Waals surface area contributed by atoms with Crippen molar-refractivity contribution >= 4 is 29.3 Å². The van der Waals surface area contributed by atoms with E-state index in [4.69, 9.17) is 20.9 Å². The van der Waals surface area contributed by atoms with E-state index in [1.54, 1.807) is 31.3 Å². The van der Waals surface area contributed by atoms with Gasteiger partial charge in [0.25, 0.3) is 0 Å². The van der Waals surface area contributed by atoms with Gasteiger partial charge in [0.05, 0.1) is 25.1 Å². The third-order valence-electron chi connectivity index (χ3n) is 6.07. The summed E-state index contributed by atoms with van der Waals surface area (Å²) in [6.45, 7) is 0.353. The minimum absolute atomic E-state index is 0.0484. The Hall–Kier alpha value is -3.56. The molecule has 1 aliphatic heterocycles. The van der Waals surface area contributed by atoms with Crippen molar-refractivity contribution in [1.82, 2.24) is 19.9 Å². The molecule has 1 unspecified atom stereocenters. The van der Waals surface area contributed by atoms with E-state index < -0.39 is 11.3 Å². The first kappa shape index (κ1) is 24.6. The zero-order valence-electron chi connectivity index (χ0n) is 19.4. The predicted octanol–water partition coefficient (Wildman–Crippen LogP) is 3.08. The van der Waals surface area contributed by atoms with Gasteiger partial charge in [0.1, 0.15) is 0 Å². The highest BCUT2D eigenvalue weighted by Gasteiger charge is 2.54. The van der Waals surface area contributed by atoms with Crippen molar-refractivity contribution in [2.24, 2.45) is 0 Å². The van der Waals surface area contributed by atoms with E-state index in [-0.39, 0.29) is 50.2 Å². The summed E-state index contributed by atoms with van der Waals surface area (Å²) in [5.74, 6) is -0.522. The Bertz CT molecular complexity index is 1230. The second-order valence-electron chi connectivity index (χ2n) is 8.39. The molecule has 182 valence electrons. The lowest BCUT2D eigenvalue weighted by Gasteiger charge is -2.29. The number of ether oxygens (including phenoxy) is 1. The normalized spacial score (nSPS) is 17.7. The van der Waals surface area contributed by atoms with Crippen molar-refractivity contribution in [3.8, 4) is 11.4 Å². The number of hydrogen-bond acceptors (Lipinski definition) is 7. The summed E-state index contributed by atoms with van der Waals surface area (Å²) in [4.78, 5) is 46.6. The van der Waals surface area contributed by atoms with Gasteiger partial charge in [-0.1, -0.05) is 65.3 Å². The average Bonchev–Trinajstić information content (AvgIpc) is 3.41. The van der Waals surface area contributed by atoms with Crippen molar-refractivity contribution in [2.45, 2.75) is 24.8 Å². The molecule has 2 aromatic carbocycles. The van der Waals surface area contributed by atoms with E-state index in [0.29, 0.717) is 16.4 Å². The molecule has 4 rings (SSSR count). The maximum Gasteiger partial charge on any atom is 0.246 e. The fourth-order valence-corrected chi connectivity index (χ4v) is 4.53. The Balaban J connectivity index is 1.56. The number of likely N-dealkylation sites (tertiary alicyclic amines) is 1. The standard InChI is InChI=1S/C25H25ClN4O5/c1-29(16-20-27-23(28-35-20)17-8-4-3-5-9-17)21(31)14-25(18-10-6-7-11-19(18)26)15-22(32)30(24(25)33)12-13-34-2/h3-11H,12-16H2,1-2H3. The molecular formula is C25H25ClN4O5. The van der Waals surface area contributed by atoms with Gasteiger partial charge < -0.3 is 14.2 Å². The summed E-state index contributed by atoms with van der Waals surface area (Å²) < 4.78 is 10.4. The van der Waals surface area contributed by atoms with Crippen LogP contribution in [0.15, 0.2) is 59.1 Å². The minimum Gasteiger partial charge on any atom is -0.383 e. The summed E-state index contributed by atoms with van der Waals surface area (Å²) in [7, 11) is 3.07. The van der Waals surface area contributed by atoms with Gasteiger partial charge in [0.2, 0.25) is 29.4 Å². The number of carbonyl (C=O) groups is 3. The number of benzene rings is 2. The number of rotatable bonds is 9. The molecule has 0 radical (unpaired) electrons. The molecule has 1 aromatic heterocycles. The van der Waals surface area contributed by atoms with Gasteiger partial charge >= 0.3 is 0 Å². The van der Waals surface area contributed by atoms with Crippen molar-refractivity contribution in [2.75, 3.05) is 27.3 Å². The van der Waals surface area contributed by atoms with Gasteiger partial charge in [-0.05, 0) is 11.6 Å². The number of halogens is 1. The minimum atomic E-state index is -1.40. The number of nitrogens with zero attached hydrogens (tertiary/aromatic N) is 4. The molecule has 0 saturated carbocycles. The second-order valence-corrected chi connectivity index (χ2v) is 8.79. The Morgan fingerprint density at radius 2 is 1.89 bits per heavy atom. The Morgan fingerprint density at radius 3 is 2.60 bits per heavy atom. The lowest BCUT2D eigenvalue weighted by molar-refractivity contribution is -0.143. The number of imide groups is 1. The van der Waals surface area contributed by atoms with Gasteiger partial charge in [-0.25, -0.2) is 0 Å². The van der Waals surface area contributed by atoms with Crippen molar-refractivity contribution in [3.05, 3.63) is 71.1 Å². The monoisotopic (exact) mass is 496 g/mol. The van der Waals surface area contributed by atoms with Gasteiger partial charge in [-0.15, -0.1) is 0 Å². The molecule has 0 spiro atoms. The quantitative estimate of drug-likeness (QED) is 0.419. The Morgan fingerprint density at radius 1 is 1.17 bits per heavy atom. The van der Waals surface area contributed by atoms with Crippen LogP contribution in [0.4, 0.5) is 0 Å². The first-order valence-corrected chi connectivity index (χ1v) is 11.4. The number of methoxy groups -OCH3 is 1. The van der Waals surface area contributed by atoms with Gasteiger partial charge in [-0.3, -0.25) is 19.3 Å². The van der Waals surface area contributed by atoms with Crippen LogP contribution in [0.2, 0.25) is 5.02 Å². The van der Waals surface area contributed by atoms with Gasteiger partial charge in [0.15, 0.2) is 0 Å². The van der Waals surface area contributed by atoms with Crippen LogP contribution in [0.3, 0.4) is 0 Å². The average molecular weight is 497 g/mol. The van der Waals surface area contributed by atoms with Crippen LogP contribution in [0.1, 0.15) is 24.3 Å². The molecule has 1 atom stereocenters. The van der Waals surface area contributed by atoms with Crippen molar-refractivity contribution < 1.29 is 23.6 Å². The van der Waals surface area contributed by atoms with Gasteiger partial charge in [-0.2, -0.15) is 4.98 Å². The molecule has 1 aliphatic rings. The maximum absolute atomic E-state index is 13.6. The van der Waals surface area contributed by atoms with E-state index in [1.807, 2.05) is 30.3 Å². The smallest absolute Gasteiger partial charge is 0.246 e. The number of aromatic nitrogens is 2. The van der Waals surface area contributed by atoms with Crippen LogP contribution in [0.25, 0.3) is 11.4 Å². The zero-order chi connectivity index (χ0) is 25.0. The van der Waals surface area contributed by atoms with E-state index in [2.05, 4.69) is 10.1 Å². The maximum atomic E-state index is 13.6. The highest BCUT2D eigenvalue weighted by atomic mass is 35.5. The van der Waals surface area contributed by atoms with Crippen LogP contribution in [-0.2, 0) is 31.1 Å². The molecule has 35 heavy (non-hydrogen) atoms. The summed E-state index contributed by atoms with van der Waals surface area (Å²) in [6.07, 6.45) is -0.390. The zero-order valence-corrected chi connectivity index (χ0v) is 20.2. The predicted molar refractivity (Wildman–Crippen MR) is 127 cm³/mol. The highest BCUT2D eigenvalue weighted by Crippen LogP contribution is 2.43. The van der Waals surface area contributed by atoms with E-state index in [9.17, 15) is 14.4 Å². The Labute approximate surface area is 207 Å². The molecule has 2 heterocycles. The highest BCUT2D eigenvalue weighted by molar-refractivity contribution is 6.32. The first-order valence-electron chi connectivity index (χ1n) is 11.1. The fourth-order valence-electron chi connectivity index (χ4n) is 4.21. The first-order chi connectivity index (χ1) is 16.9. The molecule has 0 bridgehead atoms. The van der Waals surface area contributed by atoms with Crippen LogP contribution >= 0.6 is 11.6 Å². The summed E-state index contributed by atoms with van der Waals surface area (Å²) in [5, 5.41) is 4.30. The van der Waals surface area contributed by atoms with E-state index in [0.717, 1.165) is 10.5 Å². The molecule has 9 nitrogen and oxygen atoms in total. The van der Waals surface area contributed by atoms with Gasteiger partial charge in [0, 0.05) is 37.6 Å². The van der Waals surface area contributed by atoms with Crippen LogP contribution < -0.4 is 0 Å². The summed E-state index contributed by atoms with van der Waals surface area (Å²) >= 11 is 6.45. The third-order valence-corrected chi connectivity index (χ3v) is 6.40. The lowest BCUT2D eigenvalue weighted by atomic mass is 9.75. The molecule has 3 amide bonds. The van der Waals surface area contributed by atoms with Crippen LogP contribution in [0, 0.1) is 0 Å². The molecule has 0 aliphatic carbocycles. The number of carbonyl (C=O) groups excluding carboxylic acids is 3. The molecule has 1 fully saturated rings. The largest absolute Gasteiger partial charge is 0.383 e. The summed E-state index contributed by atoms with van der Waals surface area (Å²) in [6, 6.07) is 16.1. The van der Waals surface area contributed by atoms with Crippen LogP contribution in [-0.4, -0.2) is 65.0 Å². The Kier molecular flexibility index (Phi) is 7.28. The third kappa shape index (κ3) is 4.96. The molecular weight excluding hydrogens is 472 g/mol. The van der Waals surface area contributed by atoms with Crippen molar-refractivity contribution in [1.29, 1.82) is 0 Å². The molecule has 0 N–H and O–H groups in total. The van der Waals surface area contributed by atoms with Crippen molar-refractivity contribution in [3.63, 3.8) is 0 Å².